The molecule has 4 rings (SSSR count). The molecule has 0 N–H and O–H groups in total. The third-order valence-electron chi connectivity index (χ3n) is 5.01. The van der Waals surface area contributed by atoms with Crippen LogP contribution in [-0.4, -0.2) is 58.7 Å². The van der Waals surface area contributed by atoms with Crippen LogP contribution in [0.5, 0.6) is 0 Å². The second kappa shape index (κ2) is 5.94. The van der Waals surface area contributed by atoms with Crippen molar-refractivity contribution in [3.8, 4) is 0 Å². The van der Waals surface area contributed by atoms with Crippen molar-refractivity contribution in [2.75, 3.05) is 20.3 Å². The molecule has 6 nitrogen and oxygen atoms in total. The third kappa shape index (κ3) is 2.62. The SMILES string of the molecule is CO[C@@H]1CC[C@H]2OCCN(C(=O)c3ccn4ccnc4c3)[C@@H]2C1. The van der Waals surface area contributed by atoms with Crippen molar-refractivity contribution in [3.63, 3.8) is 0 Å². The fourth-order valence-corrected chi connectivity index (χ4v) is 3.75. The molecule has 2 fully saturated rings. The van der Waals surface area contributed by atoms with Crippen LogP contribution >= 0.6 is 0 Å². The zero-order chi connectivity index (χ0) is 15.8. The standard InChI is InChI=1S/C17H21N3O3/c1-22-13-2-3-15-14(11-13)20(8-9-23-15)17(21)12-4-6-19-7-5-18-16(19)10-12/h4-7,10,13-15H,2-3,8-9,11H2,1H3/t13-,14-,15-/m1/s1. The maximum Gasteiger partial charge on any atom is 0.254 e. The number of aromatic nitrogens is 2. The van der Waals surface area contributed by atoms with Crippen molar-refractivity contribution in [2.24, 2.45) is 0 Å². The van der Waals surface area contributed by atoms with E-state index in [4.69, 9.17) is 9.47 Å². The molecule has 2 aromatic rings. The molecule has 3 heterocycles. The van der Waals surface area contributed by atoms with E-state index < -0.39 is 0 Å². The zero-order valence-electron chi connectivity index (χ0n) is 13.2. The molecule has 0 unspecified atom stereocenters. The van der Waals surface area contributed by atoms with E-state index in [9.17, 15) is 4.79 Å². The predicted molar refractivity (Wildman–Crippen MR) is 84.4 cm³/mol. The summed E-state index contributed by atoms with van der Waals surface area (Å²) in [6.07, 6.45) is 8.63. The number of morpholine rings is 1. The molecule has 6 heteroatoms. The smallest absolute Gasteiger partial charge is 0.254 e. The summed E-state index contributed by atoms with van der Waals surface area (Å²) in [6, 6.07) is 3.81. The molecule has 0 spiro atoms. The average Bonchev–Trinajstić information content (AvgIpc) is 3.07. The highest BCUT2D eigenvalue weighted by Crippen LogP contribution is 2.31. The van der Waals surface area contributed by atoms with Gasteiger partial charge in [-0.05, 0) is 31.4 Å². The van der Waals surface area contributed by atoms with Crippen molar-refractivity contribution in [1.82, 2.24) is 14.3 Å². The van der Waals surface area contributed by atoms with Crippen LogP contribution in [0.4, 0.5) is 0 Å². The lowest BCUT2D eigenvalue weighted by Crippen LogP contribution is -2.56. The monoisotopic (exact) mass is 315 g/mol. The second-order valence-corrected chi connectivity index (χ2v) is 6.25. The highest BCUT2D eigenvalue weighted by molar-refractivity contribution is 5.95. The van der Waals surface area contributed by atoms with Crippen LogP contribution in [-0.2, 0) is 9.47 Å². The Morgan fingerprint density at radius 2 is 2.30 bits per heavy atom. The molecular weight excluding hydrogens is 294 g/mol. The lowest BCUT2D eigenvalue weighted by atomic mass is 9.87. The Labute approximate surface area is 135 Å². The molecule has 0 aromatic carbocycles. The van der Waals surface area contributed by atoms with Gasteiger partial charge in [0.05, 0.1) is 24.9 Å². The van der Waals surface area contributed by atoms with Crippen LogP contribution in [0, 0.1) is 0 Å². The summed E-state index contributed by atoms with van der Waals surface area (Å²) in [6.45, 7) is 1.24. The van der Waals surface area contributed by atoms with Crippen molar-refractivity contribution in [1.29, 1.82) is 0 Å². The van der Waals surface area contributed by atoms with Crippen LogP contribution in [0.1, 0.15) is 29.6 Å². The van der Waals surface area contributed by atoms with Gasteiger partial charge in [0.25, 0.3) is 5.91 Å². The third-order valence-corrected chi connectivity index (χ3v) is 5.01. The van der Waals surface area contributed by atoms with Gasteiger partial charge in [-0.25, -0.2) is 4.98 Å². The lowest BCUT2D eigenvalue weighted by Gasteiger charge is -2.45. The number of hydrogen-bond donors (Lipinski definition) is 0. The Bertz CT molecular complexity index is 714. The molecule has 2 aliphatic rings. The minimum absolute atomic E-state index is 0.0607. The molecular formula is C17H21N3O3. The number of methoxy groups -OCH3 is 1. The van der Waals surface area contributed by atoms with E-state index in [-0.39, 0.29) is 24.2 Å². The molecule has 1 saturated carbocycles. The van der Waals surface area contributed by atoms with Gasteiger partial charge in [0.1, 0.15) is 5.65 Å². The maximum atomic E-state index is 13.0. The number of amides is 1. The molecule has 3 atom stereocenters. The van der Waals surface area contributed by atoms with Crippen LogP contribution in [0.25, 0.3) is 5.65 Å². The molecule has 1 amide bonds. The van der Waals surface area contributed by atoms with E-state index in [1.807, 2.05) is 33.8 Å². The number of rotatable bonds is 2. The van der Waals surface area contributed by atoms with Gasteiger partial charge in [-0.3, -0.25) is 4.79 Å². The number of hydrogen-bond acceptors (Lipinski definition) is 4. The first-order valence-corrected chi connectivity index (χ1v) is 8.14. The number of carbonyl (C=O) groups is 1. The minimum atomic E-state index is 0.0607. The fraction of sp³-hybridized carbons (Fsp3) is 0.529. The normalized spacial score (nSPS) is 27.9. The number of nitrogens with zero attached hydrogens (tertiary/aromatic N) is 3. The van der Waals surface area contributed by atoms with Gasteiger partial charge < -0.3 is 18.8 Å². The summed E-state index contributed by atoms with van der Waals surface area (Å²) in [7, 11) is 1.74. The van der Waals surface area contributed by atoms with E-state index in [0.29, 0.717) is 18.7 Å². The summed E-state index contributed by atoms with van der Waals surface area (Å²) in [5, 5.41) is 0. The van der Waals surface area contributed by atoms with Gasteiger partial charge in [-0.15, -0.1) is 0 Å². The Balaban J connectivity index is 1.60. The summed E-state index contributed by atoms with van der Waals surface area (Å²) in [4.78, 5) is 19.2. The van der Waals surface area contributed by atoms with E-state index in [0.717, 1.165) is 24.9 Å². The van der Waals surface area contributed by atoms with E-state index in [2.05, 4.69) is 4.98 Å². The van der Waals surface area contributed by atoms with Crippen molar-refractivity contribution < 1.29 is 14.3 Å². The zero-order valence-corrected chi connectivity index (χ0v) is 13.2. The van der Waals surface area contributed by atoms with Crippen molar-refractivity contribution >= 4 is 11.6 Å². The summed E-state index contributed by atoms with van der Waals surface area (Å²) in [5.41, 5.74) is 1.47. The minimum Gasteiger partial charge on any atom is -0.381 e. The van der Waals surface area contributed by atoms with Crippen molar-refractivity contribution in [3.05, 3.63) is 36.3 Å². The number of fused-ring (bicyclic) bond motifs is 2. The van der Waals surface area contributed by atoms with Crippen LogP contribution in [0.3, 0.4) is 0 Å². The molecule has 1 saturated heterocycles. The number of imidazole rings is 1. The second-order valence-electron chi connectivity index (χ2n) is 6.25. The topological polar surface area (TPSA) is 56.1 Å². The molecule has 1 aliphatic heterocycles. The Hall–Kier alpha value is -1.92. The fourth-order valence-electron chi connectivity index (χ4n) is 3.75. The van der Waals surface area contributed by atoms with E-state index in [1.54, 1.807) is 13.3 Å². The first-order chi connectivity index (χ1) is 11.3. The highest BCUT2D eigenvalue weighted by Gasteiger charge is 2.40. The van der Waals surface area contributed by atoms with Gasteiger partial charge in [0, 0.05) is 37.8 Å². The summed E-state index contributed by atoms with van der Waals surface area (Å²) < 4.78 is 13.3. The number of carbonyl (C=O) groups excluding carboxylic acids is 1. The Morgan fingerprint density at radius 1 is 1.39 bits per heavy atom. The lowest BCUT2D eigenvalue weighted by molar-refractivity contribution is -0.101. The van der Waals surface area contributed by atoms with Crippen LogP contribution < -0.4 is 0 Å². The van der Waals surface area contributed by atoms with Gasteiger partial charge in [0.2, 0.25) is 0 Å². The molecule has 122 valence electrons. The number of ether oxygens (including phenoxy) is 2. The average molecular weight is 315 g/mol. The Morgan fingerprint density at radius 3 is 3.17 bits per heavy atom. The molecule has 2 aromatic heterocycles. The first-order valence-electron chi connectivity index (χ1n) is 8.14. The van der Waals surface area contributed by atoms with Gasteiger partial charge in [-0.2, -0.15) is 0 Å². The molecule has 0 bridgehead atoms. The predicted octanol–water partition coefficient (Wildman–Crippen LogP) is 1.74. The van der Waals surface area contributed by atoms with E-state index in [1.165, 1.54) is 0 Å². The summed E-state index contributed by atoms with van der Waals surface area (Å²) in [5.74, 6) is 0.0607. The maximum absolute atomic E-state index is 13.0. The van der Waals surface area contributed by atoms with Crippen LogP contribution in [0.2, 0.25) is 0 Å². The molecule has 1 aliphatic carbocycles. The van der Waals surface area contributed by atoms with Gasteiger partial charge >= 0.3 is 0 Å². The largest absolute Gasteiger partial charge is 0.381 e. The highest BCUT2D eigenvalue weighted by atomic mass is 16.5. The molecule has 0 radical (unpaired) electrons. The van der Waals surface area contributed by atoms with Gasteiger partial charge in [-0.1, -0.05) is 0 Å². The van der Waals surface area contributed by atoms with E-state index >= 15 is 0 Å². The molecule has 23 heavy (non-hydrogen) atoms. The first kappa shape index (κ1) is 14.7. The Kier molecular flexibility index (Phi) is 3.79. The van der Waals surface area contributed by atoms with Crippen molar-refractivity contribution in [2.45, 2.75) is 37.5 Å². The quantitative estimate of drug-likeness (QED) is 0.847. The summed E-state index contributed by atoms with van der Waals surface area (Å²) >= 11 is 0. The van der Waals surface area contributed by atoms with Crippen LogP contribution in [0.15, 0.2) is 30.7 Å². The number of pyridine rings is 1. The van der Waals surface area contributed by atoms with Gasteiger partial charge in [0.15, 0.2) is 0 Å².